The van der Waals surface area contributed by atoms with E-state index in [9.17, 15) is 5.11 Å². The van der Waals surface area contributed by atoms with Crippen molar-refractivity contribution in [3.8, 4) is 5.75 Å². The monoisotopic (exact) mass is 280 g/mol. The summed E-state index contributed by atoms with van der Waals surface area (Å²) in [6, 6.07) is 8.44. The number of ether oxygens (including phenoxy) is 1. The molecule has 0 aliphatic heterocycles. The zero-order valence-corrected chi connectivity index (χ0v) is 13.3. The van der Waals surface area contributed by atoms with Crippen LogP contribution in [0.1, 0.15) is 25.5 Å². The zero-order chi connectivity index (χ0) is 15.2. The molecule has 1 atom stereocenters. The second-order valence-electron chi connectivity index (χ2n) is 6.21. The minimum absolute atomic E-state index is 0.0920. The van der Waals surface area contributed by atoms with Gasteiger partial charge in [-0.15, -0.1) is 0 Å². The Bertz CT molecular complexity index is 405. The quantitative estimate of drug-likeness (QED) is 0.763. The van der Waals surface area contributed by atoms with E-state index < -0.39 is 0 Å². The van der Waals surface area contributed by atoms with Crippen molar-refractivity contribution >= 4 is 0 Å². The summed E-state index contributed by atoms with van der Waals surface area (Å²) in [6.07, 6.45) is 0. The number of aliphatic hydroxyl groups is 1. The van der Waals surface area contributed by atoms with Crippen molar-refractivity contribution in [1.29, 1.82) is 0 Å². The van der Waals surface area contributed by atoms with E-state index in [2.05, 4.69) is 50.3 Å². The second-order valence-corrected chi connectivity index (χ2v) is 6.21. The molecule has 0 fully saturated rings. The maximum Gasteiger partial charge on any atom is 0.119 e. The molecule has 1 rings (SSSR count). The first-order chi connectivity index (χ1) is 9.39. The van der Waals surface area contributed by atoms with Gasteiger partial charge in [-0.05, 0) is 31.8 Å². The molecule has 20 heavy (non-hydrogen) atoms. The summed E-state index contributed by atoms with van der Waals surface area (Å²) in [4.78, 5) is 2.19. The van der Waals surface area contributed by atoms with E-state index in [1.807, 2.05) is 12.1 Å². The lowest BCUT2D eigenvalue weighted by Crippen LogP contribution is -2.37. The van der Waals surface area contributed by atoms with Crippen molar-refractivity contribution in [2.75, 3.05) is 40.9 Å². The highest BCUT2D eigenvalue weighted by Gasteiger charge is 2.19. The lowest BCUT2D eigenvalue weighted by molar-refractivity contribution is 0.153. The molecule has 4 heteroatoms. The van der Waals surface area contributed by atoms with Crippen LogP contribution < -0.4 is 10.1 Å². The number of likely N-dealkylation sites (N-methyl/N-ethyl adjacent to an activating group) is 1. The van der Waals surface area contributed by atoms with Crippen molar-refractivity contribution in [3.63, 3.8) is 0 Å². The van der Waals surface area contributed by atoms with Crippen LogP contribution in [-0.2, 0) is 0 Å². The van der Waals surface area contributed by atoms with Crippen LogP contribution in [0.5, 0.6) is 5.75 Å². The smallest absolute Gasteiger partial charge is 0.119 e. The number of nitrogens with one attached hydrogen (secondary N) is 1. The van der Waals surface area contributed by atoms with Gasteiger partial charge in [0, 0.05) is 31.2 Å². The largest absolute Gasteiger partial charge is 0.497 e. The third-order valence-electron chi connectivity index (χ3n) is 3.47. The van der Waals surface area contributed by atoms with Crippen LogP contribution in [0.4, 0.5) is 0 Å². The fourth-order valence-corrected chi connectivity index (χ4v) is 2.05. The van der Waals surface area contributed by atoms with Gasteiger partial charge >= 0.3 is 0 Å². The number of benzene rings is 1. The molecule has 0 aromatic heterocycles. The second kappa shape index (κ2) is 7.62. The van der Waals surface area contributed by atoms with E-state index in [4.69, 9.17) is 4.74 Å². The van der Waals surface area contributed by atoms with Gasteiger partial charge in [0.25, 0.3) is 0 Å². The highest BCUT2D eigenvalue weighted by molar-refractivity contribution is 5.30. The van der Waals surface area contributed by atoms with Gasteiger partial charge in [-0.25, -0.2) is 0 Å². The minimum atomic E-state index is -0.0920. The molecule has 2 N–H and O–H groups in total. The summed E-state index contributed by atoms with van der Waals surface area (Å²) in [5, 5.41) is 12.7. The van der Waals surface area contributed by atoms with Crippen LogP contribution in [0, 0.1) is 5.41 Å². The third kappa shape index (κ3) is 5.12. The molecule has 0 radical (unpaired) electrons. The summed E-state index contributed by atoms with van der Waals surface area (Å²) in [5.74, 6) is 0.880. The van der Waals surface area contributed by atoms with Crippen molar-refractivity contribution in [1.82, 2.24) is 10.2 Å². The van der Waals surface area contributed by atoms with Crippen LogP contribution in [0.25, 0.3) is 0 Å². The standard InChI is InChI=1S/C16H28N2O2/c1-16(2,12-19)11-17-10-15(18(3)4)13-7-6-8-14(9-13)20-5/h6-9,15,17,19H,10-12H2,1-5H3. The molecule has 0 bridgehead atoms. The molecule has 114 valence electrons. The summed E-state index contributed by atoms with van der Waals surface area (Å²) in [6.45, 7) is 5.92. The molecule has 0 spiro atoms. The summed E-state index contributed by atoms with van der Waals surface area (Å²) < 4.78 is 5.29. The predicted octanol–water partition coefficient (Wildman–Crippen LogP) is 1.91. The molecule has 0 saturated carbocycles. The zero-order valence-electron chi connectivity index (χ0n) is 13.3. The van der Waals surface area contributed by atoms with Crippen LogP contribution in [-0.4, -0.2) is 50.9 Å². The molecular weight excluding hydrogens is 252 g/mol. The Morgan fingerprint density at radius 3 is 2.60 bits per heavy atom. The topological polar surface area (TPSA) is 44.7 Å². The Kier molecular flexibility index (Phi) is 6.46. The molecule has 1 unspecified atom stereocenters. The van der Waals surface area contributed by atoms with Crippen molar-refractivity contribution in [2.24, 2.45) is 5.41 Å². The van der Waals surface area contributed by atoms with Gasteiger partial charge in [-0.2, -0.15) is 0 Å². The predicted molar refractivity (Wildman–Crippen MR) is 83.2 cm³/mol. The number of aliphatic hydroxyl groups excluding tert-OH is 1. The van der Waals surface area contributed by atoms with Gasteiger partial charge < -0.3 is 20.1 Å². The Morgan fingerprint density at radius 2 is 2.05 bits per heavy atom. The molecule has 1 aromatic rings. The average Bonchev–Trinajstić information content (AvgIpc) is 2.43. The maximum atomic E-state index is 9.29. The van der Waals surface area contributed by atoms with Gasteiger partial charge in [0.1, 0.15) is 5.75 Å². The fraction of sp³-hybridized carbons (Fsp3) is 0.625. The van der Waals surface area contributed by atoms with E-state index >= 15 is 0 Å². The number of methoxy groups -OCH3 is 1. The Balaban J connectivity index is 2.69. The van der Waals surface area contributed by atoms with Gasteiger partial charge in [0.05, 0.1) is 7.11 Å². The van der Waals surface area contributed by atoms with Gasteiger partial charge in [0.15, 0.2) is 0 Å². The van der Waals surface area contributed by atoms with Crippen LogP contribution in [0.2, 0.25) is 0 Å². The lowest BCUT2D eigenvalue weighted by atomic mass is 9.94. The Labute approximate surface area is 122 Å². The Morgan fingerprint density at radius 1 is 1.35 bits per heavy atom. The first-order valence-corrected chi connectivity index (χ1v) is 7.01. The third-order valence-corrected chi connectivity index (χ3v) is 3.47. The number of nitrogens with zero attached hydrogens (tertiary/aromatic N) is 1. The molecule has 0 amide bonds. The van der Waals surface area contributed by atoms with Gasteiger partial charge in [-0.1, -0.05) is 26.0 Å². The summed E-state index contributed by atoms with van der Waals surface area (Å²) in [5.41, 5.74) is 1.13. The SMILES string of the molecule is COc1cccc(C(CNCC(C)(C)CO)N(C)C)c1. The van der Waals surface area contributed by atoms with E-state index in [0.29, 0.717) is 0 Å². The van der Waals surface area contributed by atoms with E-state index in [0.717, 1.165) is 18.8 Å². The van der Waals surface area contributed by atoms with Crippen LogP contribution in [0.3, 0.4) is 0 Å². The van der Waals surface area contributed by atoms with Crippen molar-refractivity contribution in [3.05, 3.63) is 29.8 Å². The van der Waals surface area contributed by atoms with Gasteiger partial charge in [-0.3, -0.25) is 0 Å². The van der Waals surface area contributed by atoms with E-state index in [1.165, 1.54) is 5.56 Å². The molecule has 0 saturated heterocycles. The minimum Gasteiger partial charge on any atom is -0.497 e. The van der Waals surface area contributed by atoms with Crippen LogP contribution in [0.15, 0.2) is 24.3 Å². The molecule has 4 nitrogen and oxygen atoms in total. The molecule has 0 aliphatic carbocycles. The summed E-state index contributed by atoms with van der Waals surface area (Å²) >= 11 is 0. The Hall–Kier alpha value is -1.10. The van der Waals surface area contributed by atoms with Crippen molar-refractivity contribution < 1.29 is 9.84 Å². The summed E-state index contributed by atoms with van der Waals surface area (Å²) in [7, 11) is 5.83. The van der Waals surface area contributed by atoms with Crippen LogP contribution >= 0.6 is 0 Å². The highest BCUT2D eigenvalue weighted by Crippen LogP contribution is 2.22. The molecular formula is C16H28N2O2. The molecule has 0 aliphatic rings. The average molecular weight is 280 g/mol. The maximum absolute atomic E-state index is 9.29. The van der Waals surface area contributed by atoms with Gasteiger partial charge in [0.2, 0.25) is 0 Å². The lowest BCUT2D eigenvalue weighted by Gasteiger charge is -2.28. The number of hydrogen-bond donors (Lipinski definition) is 2. The normalized spacial score (nSPS) is 13.6. The number of rotatable bonds is 8. The first-order valence-electron chi connectivity index (χ1n) is 7.01. The van der Waals surface area contributed by atoms with E-state index in [-0.39, 0.29) is 18.1 Å². The molecule has 1 aromatic carbocycles. The molecule has 0 heterocycles. The highest BCUT2D eigenvalue weighted by atomic mass is 16.5. The number of hydrogen-bond acceptors (Lipinski definition) is 4. The fourth-order valence-electron chi connectivity index (χ4n) is 2.05. The first kappa shape index (κ1) is 17.0. The van der Waals surface area contributed by atoms with E-state index in [1.54, 1.807) is 7.11 Å². The van der Waals surface area contributed by atoms with Crippen molar-refractivity contribution in [2.45, 2.75) is 19.9 Å².